The predicted octanol–water partition coefficient (Wildman–Crippen LogP) is 2.57. The summed E-state index contributed by atoms with van der Waals surface area (Å²) < 4.78 is 23.7. The van der Waals surface area contributed by atoms with Gasteiger partial charge in [0.1, 0.15) is 11.6 Å². The summed E-state index contributed by atoms with van der Waals surface area (Å²) in [6, 6.07) is 11.8. The van der Waals surface area contributed by atoms with Crippen molar-refractivity contribution >= 4 is 23.5 Å². The molecule has 0 spiro atoms. The molecule has 6 nitrogen and oxygen atoms in total. The molecule has 134 valence electrons. The third-order valence-electron chi connectivity index (χ3n) is 4.10. The molecule has 1 aliphatic rings. The number of carbonyl (C=O) groups is 3. The van der Waals surface area contributed by atoms with Gasteiger partial charge in [0.25, 0.3) is 0 Å². The van der Waals surface area contributed by atoms with Gasteiger partial charge in [-0.3, -0.25) is 9.59 Å². The summed E-state index contributed by atoms with van der Waals surface area (Å²) in [6.07, 6.45) is -0.0482. The molecule has 2 aromatic rings. The van der Waals surface area contributed by atoms with Gasteiger partial charge in [0, 0.05) is 13.0 Å². The number of anilines is 1. The first kappa shape index (κ1) is 17.6. The molecule has 1 fully saturated rings. The highest BCUT2D eigenvalue weighted by Crippen LogP contribution is 2.28. The lowest BCUT2D eigenvalue weighted by Gasteiger charge is -2.17. The number of carbonyl (C=O) groups excluding carboxylic acids is 3. The highest BCUT2D eigenvalue weighted by Gasteiger charge is 2.37. The van der Waals surface area contributed by atoms with Crippen LogP contribution < -0.4 is 9.64 Å². The molecule has 1 amide bonds. The standard InChI is InChI=1S/C19H16FNO5/c1-25-18(23)12-6-8-14(9-7-12)26-19(24)13-10-17(22)21(11-13)16-5-3-2-4-15(16)20/h2-9,13H,10-11H2,1H3/t13-/m1/s1. The van der Waals surface area contributed by atoms with Gasteiger partial charge in [-0.15, -0.1) is 0 Å². The molecule has 26 heavy (non-hydrogen) atoms. The van der Waals surface area contributed by atoms with Crippen LogP contribution in [-0.4, -0.2) is 31.5 Å². The fraction of sp³-hybridized carbons (Fsp3) is 0.211. The molecule has 7 heteroatoms. The quantitative estimate of drug-likeness (QED) is 0.621. The molecule has 2 aromatic carbocycles. The van der Waals surface area contributed by atoms with Gasteiger partial charge in [-0.2, -0.15) is 0 Å². The van der Waals surface area contributed by atoms with Crippen LogP contribution in [0.5, 0.6) is 5.75 Å². The second kappa shape index (κ2) is 7.35. The Morgan fingerprint density at radius 2 is 1.81 bits per heavy atom. The van der Waals surface area contributed by atoms with Crippen molar-refractivity contribution in [1.82, 2.24) is 0 Å². The van der Waals surface area contributed by atoms with Crippen molar-refractivity contribution < 1.29 is 28.2 Å². The van der Waals surface area contributed by atoms with Crippen LogP contribution in [0, 0.1) is 11.7 Å². The molecule has 1 atom stereocenters. The van der Waals surface area contributed by atoms with Crippen molar-refractivity contribution in [2.45, 2.75) is 6.42 Å². The van der Waals surface area contributed by atoms with E-state index in [2.05, 4.69) is 4.74 Å². The minimum atomic E-state index is -0.692. The second-order valence-corrected chi connectivity index (χ2v) is 5.79. The highest BCUT2D eigenvalue weighted by atomic mass is 19.1. The third-order valence-corrected chi connectivity index (χ3v) is 4.10. The minimum Gasteiger partial charge on any atom is -0.465 e. The maximum atomic E-state index is 13.9. The van der Waals surface area contributed by atoms with E-state index in [1.807, 2.05) is 0 Å². The lowest BCUT2D eigenvalue weighted by Crippen LogP contribution is -2.28. The highest BCUT2D eigenvalue weighted by molar-refractivity contribution is 5.99. The maximum Gasteiger partial charge on any atom is 0.337 e. The Kier molecular flexibility index (Phi) is 4.97. The number of methoxy groups -OCH3 is 1. The summed E-state index contributed by atoms with van der Waals surface area (Å²) in [5.74, 6) is -2.37. The van der Waals surface area contributed by atoms with Gasteiger partial charge >= 0.3 is 11.9 Å². The van der Waals surface area contributed by atoms with Gasteiger partial charge in [-0.1, -0.05) is 12.1 Å². The van der Waals surface area contributed by atoms with Gasteiger partial charge in [-0.05, 0) is 36.4 Å². The lowest BCUT2D eigenvalue weighted by molar-refractivity contribution is -0.139. The fourth-order valence-electron chi connectivity index (χ4n) is 2.75. The zero-order chi connectivity index (χ0) is 18.7. The van der Waals surface area contributed by atoms with E-state index in [1.165, 1.54) is 54.5 Å². The van der Waals surface area contributed by atoms with Gasteiger partial charge in [0.15, 0.2) is 0 Å². The number of benzene rings is 2. The Morgan fingerprint density at radius 3 is 2.46 bits per heavy atom. The molecular weight excluding hydrogens is 341 g/mol. The number of nitrogens with zero attached hydrogens (tertiary/aromatic N) is 1. The first-order valence-electron chi connectivity index (χ1n) is 7.94. The molecule has 0 bridgehead atoms. The van der Waals surface area contributed by atoms with Crippen molar-refractivity contribution in [3.8, 4) is 5.75 Å². The fourth-order valence-corrected chi connectivity index (χ4v) is 2.75. The largest absolute Gasteiger partial charge is 0.465 e. The second-order valence-electron chi connectivity index (χ2n) is 5.79. The van der Waals surface area contributed by atoms with Crippen molar-refractivity contribution in [2.24, 2.45) is 5.92 Å². The van der Waals surface area contributed by atoms with Gasteiger partial charge in [0.2, 0.25) is 5.91 Å². The Hall–Kier alpha value is -3.22. The summed E-state index contributed by atoms with van der Waals surface area (Å²) in [6.45, 7) is 0.0544. The molecule has 0 saturated carbocycles. The first-order valence-corrected chi connectivity index (χ1v) is 7.94. The number of rotatable bonds is 4. The van der Waals surface area contributed by atoms with Crippen LogP contribution in [0.1, 0.15) is 16.8 Å². The van der Waals surface area contributed by atoms with E-state index in [-0.39, 0.29) is 30.3 Å². The zero-order valence-corrected chi connectivity index (χ0v) is 14.0. The van der Waals surface area contributed by atoms with Gasteiger partial charge < -0.3 is 14.4 Å². The summed E-state index contributed by atoms with van der Waals surface area (Å²) in [5, 5.41) is 0. The van der Waals surface area contributed by atoms with E-state index in [0.717, 1.165) is 0 Å². The topological polar surface area (TPSA) is 72.9 Å². The SMILES string of the molecule is COC(=O)c1ccc(OC(=O)[C@@H]2CC(=O)N(c3ccccc3F)C2)cc1. The summed E-state index contributed by atoms with van der Waals surface area (Å²) >= 11 is 0. The average molecular weight is 357 g/mol. The molecule has 1 heterocycles. The summed E-state index contributed by atoms with van der Waals surface area (Å²) in [7, 11) is 1.27. The van der Waals surface area contributed by atoms with Crippen LogP contribution in [0.2, 0.25) is 0 Å². The number of esters is 2. The van der Waals surface area contributed by atoms with Crippen molar-refractivity contribution in [1.29, 1.82) is 0 Å². The Labute approximate surface area is 149 Å². The van der Waals surface area contributed by atoms with E-state index in [0.29, 0.717) is 5.56 Å². The van der Waals surface area contributed by atoms with Crippen LogP contribution in [0.15, 0.2) is 48.5 Å². The normalized spacial score (nSPS) is 16.5. The monoisotopic (exact) mass is 357 g/mol. The molecule has 0 N–H and O–H groups in total. The number of ether oxygens (including phenoxy) is 2. The smallest absolute Gasteiger partial charge is 0.337 e. The Bertz CT molecular complexity index is 849. The zero-order valence-electron chi connectivity index (χ0n) is 14.0. The Balaban J connectivity index is 1.67. The van der Waals surface area contributed by atoms with E-state index in [4.69, 9.17) is 4.74 Å². The minimum absolute atomic E-state index is 0.0482. The number of hydrogen-bond acceptors (Lipinski definition) is 5. The molecular formula is C19H16FNO5. The van der Waals surface area contributed by atoms with E-state index in [9.17, 15) is 18.8 Å². The number of para-hydroxylation sites is 1. The van der Waals surface area contributed by atoms with E-state index >= 15 is 0 Å². The number of amides is 1. The van der Waals surface area contributed by atoms with Crippen LogP contribution in [0.3, 0.4) is 0 Å². The molecule has 0 unspecified atom stereocenters. The van der Waals surface area contributed by atoms with Crippen LogP contribution >= 0.6 is 0 Å². The van der Waals surface area contributed by atoms with Crippen molar-refractivity contribution in [3.63, 3.8) is 0 Å². The molecule has 3 rings (SSSR count). The molecule has 1 saturated heterocycles. The average Bonchev–Trinajstić information content (AvgIpc) is 3.04. The van der Waals surface area contributed by atoms with Crippen LogP contribution in [-0.2, 0) is 14.3 Å². The van der Waals surface area contributed by atoms with E-state index < -0.39 is 23.7 Å². The van der Waals surface area contributed by atoms with Crippen molar-refractivity contribution in [3.05, 3.63) is 59.9 Å². The molecule has 1 aliphatic heterocycles. The molecule has 0 radical (unpaired) electrons. The van der Waals surface area contributed by atoms with Crippen LogP contribution in [0.25, 0.3) is 0 Å². The van der Waals surface area contributed by atoms with Gasteiger partial charge in [0.05, 0.1) is 24.3 Å². The number of halogens is 1. The Morgan fingerprint density at radius 1 is 1.12 bits per heavy atom. The first-order chi connectivity index (χ1) is 12.5. The molecule has 0 aliphatic carbocycles. The predicted molar refractivity (Wildman–Crippen MR) is 90.3 cm³/mol. The van der Waals surface area contributed by atoms with Gasteiger partial charge in [-0.25, -0.2) is 9.18 Å². The molecule has 0 aromatic heterocycles. The maximum absolute atomic E-state index is 13.9. The third kappa shape index (κ3) is 3.56. The lowest BCUT2D eigenvalue weighted by atomic mass is 10.1. The van der Waals surface area contributed by atoms with Crippen LogP contribution in [0.4, 0.5) is 10.1 Å². The number of hydrogen-bond donors (Lipinski definition) is 0. The van der Waals surface area contributed by atoms with Crippen molar-refractivity contribution in [2.75, 3.05) is 18.6 Å². The van der Waals surface area contributed by atoms with E-state index in [1.54, 1.807) is 6.07 Å². The summed E-state index contributed by atoms with van der Waals surface area (Å²) in [4.78, 5) is 37.1. The summed E-state index contributed by atoms with van der Waals surface area (Å²) in [5.41, 5.74) is 0.476.